The maximum absolute atomic E-state index is 13.5. The number of aryl methyl sites for hydroxylation is 2. The van der Waals surface area contributed by atoms with Crippen molar-refractivity contribution in [3.05, 3.63) is 60.7 Å². The number of fused-ring (bicyclic) bond motifs is 3. The van der Waals surface area contributed by atoms with Gasteiger partial charge < -0.3 is 8.98 Å². The van der Waals surface area contributed by atoms with E-state index in [1.807, 2.05) is 16.9 Å². The van der Waals surface area contributed by atoms with Gasteiger partial charge in [0.2, 0.25) is 10.0 Å². The van der Waals surface area contributed by atoms with Gasteiger partial charge in [0.1, 0.15) is 16.0 Å². The van der Waals surface area contributed by atoms with E-state index in [9.17, 15) is 18.0 Å². The molecule has 5 rings (SSSR count). The molecule has 0 aromatic carbocycles. The van der Waals surface area contributed by atoms with Crippen molar-refractivity contribution in [2.75, 3.05) is 12.8 Å². The monoisotopic (exact) mass is 623 g/mol. The minimum absolute atomic E-state index is 0. The van der Waals surface area contributed by atoms with Crippen molar-refractivity contribution in [1.29, 1.82) is 0 Å². The predicted octanol–water partition coefficient (Wildman–Crippen LogP) is 2.70. The molecule has 0 saturated heterocycles. The molecule has 4 aromatic rings. The highest BCUT2D eigenvalue weighted by Gasteiger charge is 2.38. The molecule has 0 saturated carbocycles. The highest BCUT2D eigenvalue weighted by atomic mass is 35.5. The predicted molar refractivity (Wildman–Crippen MR) is 159 cm³/mol. The van der Waals surface area contributed by atoms with Crippen LogP contribution in [0.25, 0.3) is 21.6 Å². The van der Waals surface area contributed by atoms with Crippen molar-refractivity contribution < 1.29 is 12.8 Å². The third kappa shape index (κ3) is 5.31. The number of nitrogens with zero attached hydrogens (tertiary/aromatic N) is 4. The van der Waals surface area contributed by atoms with E-state index >= 15 is 0 Å². The van der Waals surface area contributed by atoms with Crippen LogP contribution in [0.2, 0.25) is 5.22 Å². The lowest BCUT2D eigenvalue weighted by atomic mass is 10.2. The largest absolute Gasteiger partial charge is 0.448 e. The number of thioether (sulfide) groups is 1. The third-order valence-electron chi connectivity index (χ3n) is 5.91. The smallest absolute Gasteiger partial charge is 0.331 e. The standard InChI is InChI=1S/C21H22ClN5O5S3.2H2S/c1-10-9-33-19(24-10)16-14-15(25(2)21(29)26(3)20(14)28)17-18(12-5-6-13(22)32-12)34-11(8-27(16)17)7-23-35(4,30)31;;/h5-6,9,11,18,23H,7-8H2,1-4H3;2*1H2/t11-,18-;;/m1../s1. The van der Waals surface area contributed by atoms with E-state index in [1.54, 1.807) is 19.2 Å². The van der Waals surface area contributed by atoms with Crippen molar-refractivity contribution >= 4 is 82.6 Å². The summed E-state index contributed by atoms with van der Waals surface area (Å²) in [5, 5.41) is 2.50. The molecule has 1 N–H and O–H groups in total. The van der Waals surface area contributed by atoms with Gasteiger partial charge in [-0.2, -0.15) is 27.0 Å². The van der Waals surface area contributed by atoms with Gasteiger partial charge >= 0.3 is 5.69 Å². The molecule has 1 aliphatic heterocycles. The van der Waals surface area contributed by atoms with Crippen molar-refractivity contribution in [3.8, 4) is 10.7 Å². The summed E-state index contributed by atoms with van der Waals surface area (Å²) in [5.41, 5.74) is 1.77. The van der Waals surface area contributed by atoms with Gasteiger partial charge in [-0.1, -0.05) is 0 Å². The van der Waals surface area contributed by atoms with E-state index in [-0.39, 0.29) is 44.0 Å². The SMILES string of the molecule is Cc1csc(-c2c3c(=O)n(C)c(=O)n(C)c3c3n2C[C@@H](CNS(C)(=O)=O)S[C@@H]3c2ccc(Cl)o2)n1.S.S. The number of hydrogen-bond donors (Lipinski definition) is 1. The summed E-state index contributed by atoms with van der Waals surface area (Å²) in [6.45, 7) is 2.45. The number of furan rings is 1. The average molecular weight is 624 g/mol. The number of rotatable bonds is 5. The Morgan fingerprint density at radius 1 is 1.22 bits per heavy atom. The molecule has 0 bridgehead atoms. The van der Waals surface area contributed by atoms with Gasteiger partial charge in [-0.15, -0.1) is 23.1 Å². The first-order chi connectivity index (χ1) is 16.5. The molecule has 0 amide bonds. The topological polar surface area (TPSA) is 121 Å². The van der Waals surface area contributed by atoms with Crippen molar-refractivity contribution in [3.63, 3.8) is 0 Å². The molecule has 0 unspecified atom stereocenters. The van der Waals surface area contributed by atoms with E-state index < -0.39 is 26.5 Å². The Morgan fingerprint density at radius 2 is 1.92 bits per heavy atom. The van der Waals surface area contributed by atoms with Crippen LogP contribution >= 0.6 is 61.7 Å². The first-order valence-corrected chi connectivity index (χ1v) is 14.7. The van der Waals surface area contributed by atoms with Gasteiger partial charge in [0.05, 0.1) is 28.5 Å². The number of nitrogens with one attached hydrogen (secondary N) is 1. The van der Waals surface area contributed by atoms with Crippen LogP contribution < -0.4 is 16.0 Å². The maximum Gasteiger partial charge on any atom is 0.331 e. The lowest BCUT2D eigenvalue weighted by Gasteiger charge is -2.31. The van der Waals surface area contributed by atoms with Crippen molar-refractivity contribution in [2.24, 2.45) is 14.1 Å². The first-order valence-electron chi connectivity index (χ1n) is 10.6. The Hall–Kier alpha value is -1.62. The molecule has 37 heavy (non-hydrogen) atoms. The van der Waals surface area contributed by atoms with E-state index in [2.05, 4.69) is 9.71 Å². The number of sulfonamides is 1. The first kappa shape index (κ1) is 29.9. The molecule has 1 aliphatic rings. The molecule has 0 fully saturated rings. The molecule has 0 spiro atoms. The van der Waals surface area contributed by atoms with Gasteiger partial charge in [0.25, 0.3) is 5.56 Å². The molecule has 2 atom stereocenters. The van der Waals surface area contributed by atoms with Gasteiger partial charge in [0, 0.05) is 43.5 Å². The van der Waals surface area contributed by atoms with Crippen LogP contribution in [-0.4, -0.2) is 45.2 Å². The molecule has 10 nitrogen and oxygen atoms in total. The zero-order chi connectivity index (χ0) is 25.2. The van der Waals surface area contributed by atoms with Crippen LogP contribution in [0.1, 0.15) is 22.4 Å². The van der Waals surface area contributed by atoms with Crippen LogP contribution in [0.15, 0.2) is 31.5 Å². The maximum atomic E-state index is 13.5. The number of thiazole rings is 1. The molecule has 4 aromatic heterocycles. The summed E-state index contributed by atoms with van der Waals surface area (Å²) >= 11 is 9.00. The van der Waals surface area contributed by atoms with Crippen LogP contribution in [0.4, 0.5) is 0 Å². The third-order valence-corrected chi connectivity index (χ3v) is 9.20. The van der Waals surface area contributed by atoms with Crippen molar-refractivity contribution in [1.82, 2.24) is 23.4 Å². The molecule has 0 radical (unpaired) electrons. The summed E-state index contributed by atoms with van der Waals surface area (Å²) in [4.78, 5) is 31.1. The molecule has 0 aliphatic carbocycles. The lowest BCUT2D eigenvalue weighted by Crippen LogP contribution is -2.37. The number of halogens is 1. The Labute approximate surface area is 240 Å². The second-order valence-corrected chi connectivity index (χ2v) is 12.9. The van der Waals surface area contributed by atoms with Gasteiger partial charge in [-0.05, 0) is 30.7 Å². The Morgan fingerprint density at radius 3 is 2.49 bits per heavy atom. The summed E-state index contributed by atoms with van der Waals surface area (Å²) in [7, 11) is -0.325. The Bertz CT molecular complexity index is 1700. The van der Waals surface area contributed by atoms with Crippen LogP contribution in [0, 0.1) is 6.92 Å². The lowest BCUT2D eigenvalue weighted by molar-refractivity contribution is 0.504. The Balaban J connectivity index is 0.00000190. The quantitative estimate of drug-likeness (QED) is 0.363. The number of aromatic nitrogens is 4. The molecule has 16 heteroatoms. The van der Waals surface area contributed by atoms with Crippen LogP contribution in [0.5, 0.6) is 0 Å². The fourth-order valence-corrected chi connectivity index (χ4v) is 7.46. The fraction of sp³-hybridized carbons (Fsp3) is 0.381. The minimum Gasteiger partial charge on any atom is -0.448 e. The van der Waals surface area contributed by atoms with E-state index in [0.29, 0.717) is 39.6 Å². The highest BCUT2D eigenvalue weighted by Crippen LogP contribution is 2.49. The molecular formula is C21H26ClN5O5S5. The second kappa shape index (κ2) is 10.9. The summed E-state index contributed by atoms with van der Waals surface area (Å²) in [6.07, 6.45) is 1.11. The minimum atomic E-state index is -3.41. The van der Waals surface area contributed by atoms with Gasteiger partial charge in [-0.3, -0.25) is 13.9 Å². The van der Waals surface area contributed by atoms with Crippen LogP contribution in [-0.2, 0) is 30.7 Å². The highest BCUT2D eigenvalue weighted by molar-refractivity contribution is 8.00. The zero-order valence-corrected chi connectivity index (χ0v) is 25.4. The average Bonchev–Trinajstić information content (AvgIpc) is 3.50. The number of hydrogen-bond acceptors (Lipinski definition) is 8. The fourth-order valence-electron chi connectivity index (χ4n) is 4.41. The van der Waals surface area contributed by atoms with E-state index in [4.69, 9.17) is 16.0 Å². The second-order valence-electron chi connectivity index (χ2n) is 8.47. The van der Waals surface area contributed by atoms with E-state index in [1.165, 1.54) is 34.7 Å². The normalized spacial score (nSPS) is 17.3. The zero-order valence-electron chi connectivity index (χ0n) is 20.2. The van der Waals surface area contributed by atoms with Gasteiger partial charge in [0.15, 0.2) is 5.22 Å². The summed E-state index contributed by atoms with van der Waals surface area (Å²) < 4.78 is 36.5. The van der Waals surface area contributed by atoms with Crippen LogP contribution in [0.3, 0.4) is 0 Å². The van der Waals surface area contributed by atoms with Gasteiger partial charge in [-0.25, -0.2) is 22.9 Å². The molecular weight excluding hydrogens is 598 g/mol. The summed E-state index contributed by atoms with van der Waals surface area (Å²) in [6, 6.07) is 3.39. The molecule has 5 heterocycles. The van der Waals surface area contributed by atoms with E-state index in [0.717, 1.165) is 16.5 Å². The summed E-state index contributed by atoms with van der Waals surface area (Å²) in [5.74, 6) is 0.541. The Kier molecular flexibility index (Phi) is 8.79. The molecule has 202 valence electrons. The van der Waals surface area contributed by atoms with Crippen molar-refractivity contribution in [2.45, 2.75) is 24.0 Å².